The Hall–Kier alpha value is -8.48. The van der Waals surface area contributed by atoms with Crippen molar-refractivity contribution >= 4 is 129 Å². The third-order valence-corrected chi connectivity index (χ3v) is 28.7. The summed E-state index contributed by atoms with van der Waals surface area (Å²) >= 11 is 17.5. The number of aromatic nitrogens is 8. The molecule has 1 N–H and O–H groups in total. The molecule has 19 nitrogen and oxygen atoms in total. The molecule has 12 heterocycles. The second kappa shape index (κ2) is 36.5. The van der Waals surface area contributed by atoms with Gasteiger partial charge in [0.15, 0.2) is 0 Å². The van der Waals surface area contributed by atoms with Crippen LogP contribution in [0.1, 0.15) is 154 Å². The molecule has 0 unspecified atom stereocenters. The van der Waals surface area contributed by atoms with Gasteiger partial charge in [0.05, 0.1) is 73.4 Å². The number of thiazole rings is 4. The number of anilines is 2. The predicted octanol–water partition coefficient (Wildman–Crippen LogP) is 21.8. The summed E-state index contributed by atoms with van der Waals surface area (Å²) in [5, 5.41) is 7.68. The number of ether oxygens (including phenoxy) is 2. The Morgan fingerprint density at radius 1 is 0.417 bits per heavy atom. The molecule has 0 saturated carbocycles. The summed E-state index contributed by atoms with van der Waals surface area (Å²) in [6.45, 7) is 36.3. The van der Waals surface area contributed by atoms with E-state index in [1.54, 1.807) is 55.1 Å². The normalized spacial score (nSPS) is 16.0. The van der Waals surface area contributed by atoms with Crippen LogP contribution < -0.4 is 19.9 Å². The molecule has 8 aromatic heterocycles. The van der Waals surface area contributed by atoms with Crippen LogP contribution in [0.3, 0.4) is 0 Å². The number of pyridine rings is 4. The highest BCUT2D eigenvalue weighted by molar-refractivity contribution is 9.11. The van der Waals surface area contributed by atoms with Crippen LogP contribution in [-0.4, -0.2) is 157 Å². The van der Waals surface area contributed by atoms with Crippen LogP contribution >= 0.6 is 93.1 Å². The Morgan fingerprint density at radius 3 is 1.17 bits per heavy atom. The minimum Gasteiger partial charge on any atom is -0.444 e. The van der Waals surface area contributed by atoms with Gasteiger partial charge in [-0.2, -0.15) is 0 Å². The van der Waals surface area contributed by atoms with Crippen LogP contribution in [-0.2, 0) is 44.5 Å². The Kier molecular flexibility index (Phi) is 26.3. The van der Waals surface area contributed by atoms with Gasteiger partial charge in [0, 0.05) is 159 Å². The lowest BCUT2D eigenvalue weighted by Crippen LogP contribution is -2.50. The first-order chi connectivity index (χ1) is 57.4. The fourth-order valence-electron chi connectivity index (χ4n) is 16.1. The number of piperazine rings is 2. The van der Waals surface area contributed by atoms with Crippen molar-refractivity contribution in [2.24, 2.45) is 0 Å². The Labute approximate surface area is 746 Å². The summed E-state index contributed by atoms with van der Waals surface area (Å²) in [5.74, 6) is 2.15. The van der Waals surface area contributed by atoms with Crippen molar-refractivity contribution in [2.45, 2.75) is 164 Å². The van der Waals surface area contributed by atoms with Crippen molar-refractivity contribution in [3.05, 3.63) is 225 Å². The second-order valence-electron chi connectivity index (χ2n) is 33.8. The summed E-state index contributed by atoms with van der Waals surface area (Å²) < 4.78 is 26.6. The van der Waals surface area contributed by atoms with E-state index in [4.69, 9.17) is 28.8 Å². The van der Waals surface area contributed by atoms with Gasteiger partial charge >= 0.3 is 19.3 Å². The van der Waals surface area contributed by atoms with E-state index in [2.05, 4.69) is 250 Å². The third kappa shape index (κ3) is 19.3. The molecule has 0 atom stereocenters. The molecule has 0 spiro atoms. The summed E-state index contributed by atoms with van der Waals surface area (Å²) in [6, 6.07) is 42.7. The number of likely N-dealkylation sites (tertiary alicyclic amines) is 1. The number of nitrogens with one attached hydrogen (secondary N) is 1. The van der Waals surface area contributed by atoms with Crippen LogP contribution in [0.15, 0.2) is 160 Å². The van der Waals surface area contributed by atoms with Gasteiger partial charge in [-0.3, -0.25) is 19.9 Å². The smallest absolute Gasteiger partial charge is 0.444 e. The summed E-state index contributed by atoms with van der Waals surface area (Å²) in [4.78, 5) is 72.9. The molecule has 4 fully saturated rings. The molecule has 12 aromatic rings. The van der Waals surface area contributed by atoms with Gasteiger partial charge in [-0.15, -0.1) is 45.3 Å². The van der Waals surface area contributed by atoms with Gasteiger partial charge in [0.2, 0.25) is 0 Å². The number of amides is 2. The average Bonchev–Trinajstić information content (AvgIpc) is 1.61. The first-order valence-electron chi connectivity index (χ1n) is 41.1. The van der Waals surface area contributed by atoms with E-state index in [1.807, 2.05) is 86.2 Å². The number of hydrogen-bond donors (Lipinski definition) is 1. The molecular weight excluding hydrogens is 1770 g/mol. The summed E-state index contributed by atoms with van der Waals surface area (Å²) in [7, 11) is -0.314. The highest BCUT2D eigenvalue weighted by Gasteiger charge is 2.53. The van der Waals surface area contributed by atoms with Crippen molar-refractivity contribution in [3.8, 4) is 75.8 Å². The average molecular weight is 1880 g/mol. The van der Waals surface area contributed by atoms with Crippen molar-refractivity contribution in [1.82, 2.24) is 55.0 Å². The lowest BCUT2D eigenvalue weighted by molar-refractivity contribution is 0.00578. The fourth-order valence-corrected chi connectivity index (χ4v) is 21.9. The van der Waals surface area contributed by atoms with Crippen molar-refractivity contribution in [2.75, 3.05) is 75.2 Å². The minimum absolute atomic E-state index is 0.160. The van der Waals surface area contributed by atoms with E-state index in [1.165, 1.54) is 122 Å². The minimum atomic E-state index is -0.481. The standard InChI is InChI=1S/C25H28N4O2S.C20H20N4S.C16H11BrN2S.C12H8BrN.C10H15BBrNO2S.C10H19NO2/c1-16-27-23(28-11-13-29(14-12-28)24(30)31-25(2,3)4)22(32-16)19-9-10-26-20-15-17-7-5-6-8-18(17)21(19)20;1-13-23-20(24-10-8-21-9-11-24)19(25-13)16-6-7-22-17-12-14-4-2-3-5-15(14)18(16)17;1-9-19-16(17)15(20-9)12-6-7-18-13-8-10-4-2-3-5-11(10)14(12)13;13-10-5-6-14-11-7-8-3-1-2-4-9(8)12(10)11;1-6-13-8(12)7(16-6)11-14-9(2,3)10(4,5)15-11;1-10(2,3)13-9(12)11-7-5-4-6-8-11/h5-10H,11-15H2,1-4H3;2-7,21H,8-12H2,1H3;2-7H,8H2,1H3;1-6H,7H2;1-5H3;4-8H2,1-3H3. The number of carbonyl (C=O) groups excluding carboxylic acids is 2. The molecule has 20 rings (SSSR count). The van der Waals surface area contributed by atoms with Crippen LogP contribution in [0, 0.1) is 27.7 Å². The summed E-state index contributed by atoms with van der Waals surface area (Å²) in [6.07, 6.45) is 14.4. The third-order valence-electron chi connectivity index (χ3n) is 22.3. The van der Waals surface area contributed by atoms with Gasteiger partial charge in [0.1, 0.15) is 32.0 Å². The zero-order valence-corrected chi connectivity index (χ0v) is 78.6. The quantitative estimate of drug-likeness (QED) is 0.154. The number of hydrogen-bond acceptors (Lipinski definition) is 21. The van der Waals surface area contributed by atoms with E-state index in [0.29, 0.717) is 13.1 Å². The number of rotatable bonds is 6. The SMILES string of the molecule is Brc1ccnc2c1-c1ccccc1C2.CC(C)(C)OC(=O)N1CCCCC1.Cc1nc(Br)c(-c2ccnc3c2-c2ccccc2C3)s1.Cc1nc(Br)c(B2OC(C)(C)C(C)(C)O2)s1.Cc1nc(N2CCN(C(=O)OC(C)(C)C)CC2)c(-c2ccnc3c2-c2ccccc2C3)s1.Cc1nc(N2CCNCC2)c(-c2ccnc3c2-c2ccccc2C3)s1. The lowest BCUT2D eigenvalue weighted by Gasteiger charge is -2.36. The Morgan fingerprint density at radius 2 is 0.767 bits per heavy atom. The maximum Gasteiger partial charge on any atom is 0.508 e. The predicted molar refractivity (Wildman–Crippen MR) is 500 cm³/mol. The van der Waals surface area contributed by atoms with Crippen LogP contribution in [0.25, 0.3) is 75.8 Å². The molecule has 4 saturated heterocycles. The molecule has 4 aliphatic heterocycles. The molecule has 120 heavy (non-hydrogen) atoms. The highest BCUT2D eigenvalue weighted by Crippen LogP contribution is 2.51. The van der Waals surface area contributed by atoms with Gasteiger partial charge in [-0.25, -0.2) is 29.5 Å². The zero-order valence-electron chi connectivity index (χ0n) is 70.5. The van der Waals surface area contributed by atoms with Crippen LogP contribution in [0.5, 0.6) is 0 Å². The molecule has 4 aromatic carbocycles. The Balaban J connectivity index is 0.000000116. The molecular formula is C93H101BBr3N13O6S4. The number of nitrogens with zero attached hydrogens (tertiary/aromatic N) is 12. The highest BCUT2D eigenvalue weighted by atomic mass is 79.9. The van der Waals surface area contributed by atoms with E-state index in [-0.39, 0.29) is 36.1 Å². The van der Waals surface area contributed by atoms with Crippen molar-refractivity contribution in [3.63, 3.8) is 0 Å². The first-order valence-corrected chi connectivity index (χ1v) is 46.7. The van der Waals surface area contributed by atoms with Crippen molar-refractivity contribution < 1.29 is 28.4 Å². The lowest BCUT2D eigenvalue weighted by atomic mass is 9.89. The van der Waals surface area contributed by atoms with Gasteiger partial charge < -0.3 is 43.7 Å². The molecule has 4 aliphatic carbocycles. The molecule has 0 bridgehead atoms. The van der Waals surface area contributed by atoms with Gasteiger partial charge in [-0.05, 0) is 217 Å². The number of halogens is 3. The van der Waals surface area contributed by atoms with Crippen LogP contribution in [0.4, 0.5) is 21.2 Å². The second-order valence-corrected chi connectivity index (χ2v) is 41.0. The summed E-state index contributed by atoms with van der Waals surface area (Å²) in [5.41, 5.74) is 22.7. The number of carbonyl (C=O) groups is 2. The van der Waals surface area contributed by atoms with Gasteiger partial charge in [-0.1, -0.05) is 113 Å². The number of piperidine rings is 1. The number of benzene rings is 4. The first kappa shape index (κ1) is 86.5. The largest absolute Gasteiger partial charge is 0.508 e. The molecule has 27 heteroatoms. The van der Waals surface area contributed by atoms with E-state index >= 15 is 0 Å². The topological polar surface area (TPSA) is 199 Å². The van der Waals surface area contributed by atoms with Crippen LogP contribution in [0.2, 0.25) is 0 Å². The van der Waals surface area contributed by atoms with E-state index in [9.17, 15) is 9.59 Å². The number of fused-ring (bicyclic) bond motifs is 12. The molecule has 0 radical (unpaired) electrons. The van der Waals surface area contributed by atoms with E-state index < -0.39 is 5.60 Å². The number of aryl methyl sites for hydroxylation is 4. The molecule has 2 amide bonds. The monoisotopic (exact) mass is 1870 g/mol. The molecule has 622 valence electrons. The van der Waals surface area contributed by atoms with Gasteiger partial charge in [0.25, 0.3) is 0 Å². The maximum absolute atomic E-state index is 12.5. The Bertz CT molecular complexity index is 5740. The zero-order chi connectivity index (χ0) is 84.5. The molecule has 8 aliphatic rings. The maximum atomic E-state index is 12.5. The fraction of sp³-hybridized carbons (Fsp3) is 0.376. The van der Waals surface area contributed by atoms with E-state index in [0.717, 1.165) is 147 Å². The van der Waals surface area contributed by atoms with Crippen molar-refractivity contribution in [1.29, 1.82) is 0 Å².